The SMILES string of the molecule is CC(C)Oc1nc2c(OCC3CCC3)cccn2c1C=C(C#N)C(=O)O. The normalized spacial score (nSPS) is 14.9. The molecular formula is C19H21N3O4. The zero-order valence-electron chi connectivity index (χ0n) is 14.8. The number of carboxylic acids is 1. The monoisotopic (exact) mass is 355 g/mol. The molecule has 136 valence electrons. The van der Waals surface area contributed by atoms with Gasteiger partial charge in [0.05, 0.1) is 12.7 Å². The third-order valence-electron chi connectivity index (χ3n) is 4.30. The first-order valence-corrected chi connectivity index (χ1v) is 8.65. The van der Waals surface area contributed by atoms with E-state index < -0.39 is 5.97 Å². The highest BCUT2D eigenvalue weighted by Crippen LogP contribution is 2.31. The number of rotatable bonds is 7. The molecule has 1 aliphatic carbocycles. The second-order valence-corrected chi connectivity index (χ2v) is 6.62. The van der Waals surface area contributed by atoms with E-state index in [1.54, 1.807) is 22.7 Å². The van der Waals surface area contributed by atoms with E-state index in [0.717, 1.165) is 0 Å². The van der Waals surface area contributed by atoms with Gasteiger partial charge in [-0.3, -0.25) is 4.40 Å². The summed E-state index contributed by atoms with van der Waals surface area (Å²) in [6.45, 7) is 4.35. The number of fused-ring (bicyclic) bond motifs is 1. The van der Waals surface area contributed by atoms with Crippen molar-refractivity contribution in [2.45, 2.75) is 39.2 Å². The lowest BCUT2D eigenvalue weighted by molar-refractivity contribution is -0.132. The Bertz CT molecular complexity index is 888. The Kier molecular flexibility index (Phi) is 5.12. The van der Waals surface area contributed by atoms with Gasteiger partial charge in [0.1, 0.15) is 17.3 Å². The molecule has 1 saturated carbocycles. The number of ether oxygens (including phenoxy) is 2. The fourth-order valence-electron chi connectivity index (χ4n) is 2.74. The van der Waals surface area contributed by atoms with E-state index in [1.807, 2.05) is 19.9 Å². The second kappa shape index (κ2) is 7.48. The van der Waals surface area contributed by atoms with E-state index in [2.05, 4.69) is 4.98 Å². The molecule has 7 heteroatoms. The molecule has 0 spiro atoms. The summed E-state index contributed by atoms with van der Waals surface area (Å²) < 4.78 is 13.4. The maximum Gasteiger partial charge on any atom is 0.346 e. The van der Waals surface area contributed by atoms with Gasteiger partial charge in [0.25, 0.3) is 0 Å². The topological polar surface area (TPSA) is 96.9 Å². The summed E-state index contributed by atoms with van der Waals surface area (Å²) in [5, 5.41) is 18.2. The maximum atomic E-state index is 11.2. The summed E-state index contributed by atoms with van der Waals surface area (Å²) in [6.07, 6.45) is 6.47. The lowest BCUT2D eigenvalue weighted by atomic mass is 9.86. The Labute approximate surface area is 151 Å². The van der Waals surface area contributed by atoms with E-state index in [-0.39, 0.29) is 17.6 Å². The van der Waals surface area contributed by atoms with Crippen LogP contribution in [0.2, 0.25) is 0 Å². The minimum atomic E-state index is -1.30. The number of hydrogen-bond acceptors (Lipinski definition) is 5. The first-order valence-electron chi connectivity index (χ1n) is 8.65. The Balaban J connectivity index is 2.05. The number of carbonyl (C=O) groups is 1. The van der Waals surface area contributed by atoms with Crippen LogP contribution in [0.25, 0.3) is 11.7 Å². The zero-order chi connectivity index (χ0) is 18.7. The summed E-state index contributed by atoms with van der Waals surface area (Å²) in [5.74, 6) is 0.165. The van der Waals surface area contributed by atoms with Crippen LogP contribution >= 0.6 is 0 Å². The predicted molar refractivity (Wildman–Crippen MR) is 95.0 cm³/mol. The minimum absolute atomic E-state index is 0.151. The largest absolute Gasteiger partial charge is 0.489 e. The number of carboxylic acid groups (broad SMARTS) is 1. The molecule has 26 heavy (non-hydrogen) atoms. The third-order valence-corrected chi connectivity index (χ3v) is 4.30. The maximum absolute atomic E-state index is 11.2. The van der Waals surface area contributed by atoms with Crippen LogP contribution in [-0.2, 0) is 4.79 Å². The first-order chi connectivity index (χ1) is 12.5. The number of nitrogens with zero attached hydrogens (tertiary/aromatic N) is 3. The van der Waals surface area contributed by atoms with E-state index >= 15 is 0 Å². The van der Waals surface area contributed by atoms with Crippen LogP contribution < -0.4 is 9.47 Å². The Morgan fingerprint density at radius 3 is 2.88 bits per heavy atom. The highest BCUT2D eigenvalue weighted by atomic mass is 16.5. The number of hydrogen-bond donors (Lipinski definition) is 1. The first kappa shape index (κ1) is 17.8. The van der Waals surface area contributed by atoms with Crippen molar-refractivity contribution in [1.82, 2.24) is 9.38 Å². The van der Waals surface area contributed by atoms with Gasteiger partial charge in [-0.05, 0) is 50.8 Å². The van der Waals surface area contributed by atoms with Crippen LogP contribution in [-0.4, -0.2) is 33.2 Å². The van der Waals surface area contributed by atoms with E-state index in [0.29, 0.717) is 29.6 Å². The fraction of sp³-hybridized carbons (Fsp3) is 0.421. The summed E-state index contributed by atoms with van der Waals surface area (Å²) >= 11 is 0. The minimum Gasteiger partial charge on any atom is -0.489 e. The number of imidazole rings is 1. The smallest absolute Gasteiger partial charge is 0.346 e. The fourth-order valence-corrected chi connectivity index (χ4v) is 2.74. The zero-order valence-corrected chi connectivity index (χ0v) is 14.8. The van der Waals surface area contributed by atoms with Crippen molar-refractivity contribution in [2.24, 2.45) is 5.92 Å². The molecule has 0 atom stereocenters. The molecule has 3 rings (SSSR count). The number of aromatic nitrogens is 2. The van der Waals surface area contributed by atoms with E-state index in [1.165, 1.54) is 25.3 Å². The van der Waals surface area contributed by atoms with Gasteiger partial charge >= 0.3 is 5.97 Å². The quantitative estimate of drug-likeness (QED) is 0.605. The Hall–Kier alpha value is -3.01. The lowest BCUT2D eigenvalue weighted by Gasteiger charge is -2.25. The Morgan fingerprint density at radius 1 is 1.54 bits per heavy atom. The standard InChI is InChI=1S/C19H21N3O4/c1-12(2)26-18-15(9-14(10-20)19(23)24)22-8-4-7-16(17(22)21-18)25-11-13-5-3-6-13/h4,7-9,12-13H,3,5-6,11H2,1-2H3,(H,23,24). The van der Waals surface area contributed by atoms with Crippen molar-refractivity contribution >= 4 is 17.7 Å². The van der Waals surface area contributed by atoms with E-state index in [9.17, 15) is 4.79 Å². The summed E-state index contributed by atoms with van der Waals surface area (Å²) in [4.78, 5) is 15.7. The van der Waals surface area contributed by atoms with Gasteiger partial charge < -0.3 is 14.6 Å². The molecule has 0 saturated heterocycles. The molecule has 2 aromatic heterocycles. The second-order valence-electron chi connectivity index (χ2n) is 6.62. The average molecular weight is 355 g/mol. The van der Waals surface area contributed by atoms with Crippen LogP contribution in [0.3, 0.4) is 0 Å². The molecule has 7 nitrogen and oxygen atoms in total. The van der Waals surface area contributed by atoms with Crippen molar-refractivity contribution in [3.63, 3.8) is 0 Å². The molecule has 0 radical (unpaired) electrons. The lowest BCUT2D eigenvalue weighted by Crippen LogP contribution is -2.19. The summed E-state index contributed by atoms with van der Waals surface area (Å²) in [7, 11) is 0. The van der Waals surface area contributed by atoms with Crippen molar-refractivity contribution in [2.75, 3.05) is 6.61 Å². The van der Waals surface area contributed by atoms with Gasteiger partial charge in [0, 0.05) is 6.20 Å². The molecular weight excluding hydrogens is 334 g/mol. The molecule has 0 aliphatic heterocycles. The molecule has 2 aromatic rings. The van der Waals surface area contributed by atoms with Crippen LogP contribution in [0.1, 0.15) is 38.8 Å². The molecule has 1 N–H and O–H groups in total. The molecule has 2 heterocycles. The number of aliphatic carboxylic acids is 1. The molecule has 0 aromatic carbocycles. The summed E-state index contributed by atoms with van der Waals surface area (Å²) in [6, 6.07) is 5.32. The van der Waals surface area contributed by atoms with Crippen LogP contribution in [0.4, 0.5) is 0 Å². The molecule has 0 bridgehead atoms. The van der Waals surface area contributed by atoms with Crippen molar-refractivity contribution < 1.29 is 19.4 Å². The predicted octanol–water partition coefficient (Wildman–Crippen LogP) is 3.29. The molecule has 1 fully saturated rings. The van der Waals surface area contributed by atoms with Gasteiger partial charge in [0.2, 0.25) is 5.88 Å². The van der Waals surface area contributed by atoms with Crippen LogP contribution in [0.15, 0.2) is 23.9 Å². The molecule has 1 aliphatic rings. The number of nitriles is 1. The van der Waals surface area contributed by atoms with Gasteiger partial charge in [-0.2, -0.15) is 10.2 Å². The van der Waals surface area contributed by atoms with E-state index in [4.69, 9.17) is 19.8 Å². The van der Waals surface area contributed by atoms with Crippen molar-refractivity contribution in [3.05, 3.63) is 29.6 Å². The third kappa shape index (κ3) is 3.64. The summed E-state index contributed by atoms with van der Waals surface area (Å²) in [5.41, 5.74) is 0.555. The highest BCUT2D eigenvalue weighted by Gasteiger charge is 2.21. The van der Waals surface area contributed by atoms with Crippen molar-refractivity contribution in [3.8, 4) is 17.7 Å². The number of pyridine rings is 1. The van der Waals surface area contributed by atoms with Gasteiger partial charge in [-0.25, -0.2) is 4.79 Å². The highest BCUT2D eigenvalue weighted by molar-refractivity contribution is 5.96. The molecule has 0 amide bonds. The molecule has 0 unspecified atom stereocenters. The van der Waals surface area contributed by atoms with Gasteiger partial charge in [-0.1, -0.05) is 6.42 Å². The van der Waals surface area contributed by atoms with Gasteiger partial charge in [0.15, 0.2) is 11.4 Å². The van der Waals surface area contributed by atoms with Crippen molar-refractivity contribution in [1.29, 1.82) is 5.26 Å². The Morgan fingerprint density at radius 2 is 2.31 bits per heavy atom. The van der Waals surface area contributed by atoms with Crippen LogP contribution in [0.5, 0.6) is 11.6 Å². The van der Waals surface area contributed by atoms with Gasteiger partial charge in [-0.15, -0.1) is 0 Å². The van der Waals surface area contributed by atoms with Crippen LogP contribution in [0, 0.1) is 17.2 Å². The average Bonchev–Trinajstić information content (AvgIpc) is 2.88.